The number of hydrogen-bond donors (Lipinski definition) is 1. The molecule has 0 unspecified atom stereocenters. The van der Waals surface area contributed by atoms with E-state index in [1.807, 2.05) is 0 Å². The van der Waals surface area contributed by atoms with E-state index in [-0.39, 0.29) is 5.56 Å². The van der Waals surface area contributed by atoms with Crippen molar-refractivity contribution in [3.8, 4) is 0 Å². The first-order valence-electron chi connectivity index (χ1n) is 3.84. The van der Waals surface area contributed by atoms with Gasteiger partial charge in [-0.05, 0) is 17.7 Å². The standard InChI is InChI=1S/C8H5ClF2O4S/c9-16(14,15)3-4-1-5(8(12)13)7(11)6(10)2-4/h1-2H,3H2,(H,12,13). The van der Waals surface area contributed by atoms with Gasteiger partial charge in [0.2, 0.25) is 9.05 Å². The first-order chi connectivity index (χ1) is 7.20. The first kappa shape index (κ1) is 12.9. The maximum Gasteiger partial charge on any atom is 0.338 e. The van der Waals surface area contributed by atoms with Crippen molar-refractivity contribution in [1.29, 1.82) is 0 Å². The average molecular weight is 271 g/mol. The fourth-order valence-electron chi connectivity index (χ4n) is 1.08. The molecule has 0 heterocycles. The Balaban J connectivity index is 3.30. The van der Waals surface area contributed by atoms with Crippen molar-refractivity contribution in [2.75, 3.05) is 0 Å². The molecule has 16 heavy (non-hydrogen) atoms. The van der Waals surface area contributed by atoms with Crippen molar-refractivity contribution >= 4 is 25.7 Å². The summed E-state index contributed by atoms with van der Waals surface area (Å²) in [6.45, 7) is 0. The fourth-order valence-corrected chi connectivity index (χ4v) is 2.03. The summed E-state index contributed by atoms with van der Waals surface area (Å²) >= 11 is 0. The number of hydrogen-bond acceptors (Lipinski definition) is 3. The topological polar surface area (TPSA) is 71.4 Å². The Morgan fingerprint density at radius 2 is 1.94 bits per heavy atom. The molecule has 0 aromatic heterocycles. The lowest BCUT2D eigenvalue weighted by molar-refractivity contribution is 0.0690. The molecule has 8 heteroatoms. The van der Waals surface area contributed by atoms with Gasteiger partial charge in [-0.2, -0.15) is 0 Å². The molecular weight excluding hydrogens is 266 g/mol. The molecule has 1 aromatic rings. The number of carboxylic acids is 1. The van der Waals surface area contributed by atoms with Crippen molar-refractivity contribution < 1.29 is 27.1 Å². The molecule has 1 aromatic carbocycles. The highest BCUT2D eigenvalue weighted by molar-refractivity contribution is 8.13. The van der Waals surface area contributed by atoms with Crippen molar-refractivity contribution in [1.82, 2.24) is 0 Å². The smallest absolute Gasteiger partial charge is 0.338 e. The molecule has 0 bridgehead atoms. The van der Waals surface area contributed by atoms with Gasteiger partial charge in [0.1, 0.15) is 0 Å². The van der Waals surface area contributed by atoms with Crippen LogP contribution in [0.25, 0.3) is 0 Å². The predicted octanol–water partition coefficient (Wildman–Crippen LogP) is 1.73. The van der Waals surface area contributed by atoms with Crippen LogP contribution < -0.4 is 0 Å². The third-order valence-corrected chi connectivity index (χ3v) is 2.66. The lowest BCUT2D eigenvalue weighted by atomic mass is 10.1. The molecule has 0 aliphatic carbocycles. The van der Waals surface area contributed by atoms with Crippen molar-refractivity contribution in [2.45, 2.75) is 5.75 Å². The summed E-state index contributed by atoms with van der Waals surface area (Å²) in [7, 11) is 0.941. The van der Waals surface area contributed by atoms with Gasteiger partial charge in [0.05, 0.1) is 11.3 Å². The van der Waals surface area contributed by atoms with E-state index >= 15 is 0 Å². The minimum Gasteiger partial charge on any atom is -0.478 e. The minimum atomic E-state index is -3.96. The molecule has 0 aliphatic rings. The zero-order valence-electron chi connectivity index (χ0n) is 7.58. The maximum absolute atomic E-state index is 12.9. The molecule has 0 atom stereocenters. The summed E-state index contributed by atoms with van der Waals surface area (Å²) < 4.78 is 47.2. The van der Waals surface area contributed by atoms with Crippen LogP contribution in [0.15, 0.2) is 12.1 Å². The SMILES string of the molecule is O=C(O)c1cc(CS(=O)(=O)Cl)cc(F)c1F. The highest BCUT2D eigenvalue weighted by atomic mass is 35.7. The van der Waals surface area contributed by atoms with Crippen LogP contribution in [0.4, 0.5) is 8.78 Å². The van der Waals surface area contributed by atoms with Crippen molar-refractivity contribution in [2.24, 2.45) is 0 Å². The Kier molecular flexibility index (Phi) is 3.49. The normalized spacial score (nSPS) is 11.4. The van der Waals surface area contributed by atoms with E-state index in [1.54, 1.807) is 0 Å². The molecule has 1 rings (SSSR count). The average Bonchev–Trinajstić information content (AvgIpc) is 2.07. The second-order valence-corrected chi connectivity index (χ2v) is 5.70. The highest BCUT2D eigenvalue weighted by Gasteiger charge is 2.18. The zero-order chi connectivity index (χ0) is 12.5. The molecule has 0 aliphatic heterocycles. The van der Waals surface area contributed by atoms with Gasteiger partial charge in [0.15, 0.2) is 11.6 Å². The van der Waals surface area contributed by atoms with E-state index < -0.39 is 38.0 Å². The summed E-state index contributed by atoms with van der Waals surface area (Å²) in [6.07, 6.45) is 0. The quantitative estimate of drug-likeness (QED) is 0.849. The van der Waals surface area contributed by atoms with Gasteiger partial charge in [-0.25, -0.2) is 22.0 Å². The third-order valence-electron chi connectivity index (χ3n) is 1.66. The van der Waals surface area contributed by atoms with E-state index in [9.17, 15) is 22.0 Å². The van der Waals surface area contributed by atoms with Crippen molar-refractivity contribution in [3.05, 3.63) is 34.9 Å². The second-order valence-electron chi connectivity index (χ2n) is 2.93. The Morgan fingerprint density at radius 1 is 1.38 bits per heavy atom. The lowest BCUT2D eigenvalue weighted by Crippen LogP contribution is -2.06. The number of halogens is 3. The number of aromatic carboxylic acids is 1. The Bertz CT molecular complexity index is 541. The van der Waals surface area contributed by atoms with Crippen LogP contribution >= 0.6 is 10.7 Å². The van der Waals surface area contributed by atoms with Crippen LogP contribution in [0.5, 0.6) is 0 Å². The van der Waals surface area contributed by atoms with Crippen LogP contribution in [-0.2, 0) is 14.8 Å². The van der Waals surface area contributed by atoms with Crippen LogP contribution in [0.3, 0.4) is 0 Å². The minimum absolute atomic E-state index is 0.230. The molecule has 0 amide bonds. The Hall–Kier alpha value is -1.21. The predicted molar refractivity (Wildman–Crippen MR) is 51.8 cm³/mol. The van der Waals surface area contributed by atoms with Crippen molar-refractivity contribution in [3.63, 3.8) is 0 Å². The van der Waals surface area contributed by atoms with E-state index in [0.717, 1.165) is 6.07 Å². The fraction of sp³-hybridized carbons (Fsp3) is 0.125. The molecular formula is C8H5ClF2O4S. The molecule has 0 saturated heterocycles. The van der Waals surface area contributed by atoms with Crippen LogP contribution in [-0.4, -0.2) is 19.5 Å². The van der Waals surface area contributed by atoms with Gasteiger partial charge < -0.3 is 5.11 Å². The Labute approximate surface area is 93.9 Å². The summed E-state index contributed by atoms with van der Waals surface area (Å²) in [5.41, 5.74) is -1.17. The first-order valence-corrected chi connectivity index (χ1v) is 6.32. The van der Waals surface area contributed by atoms with E-state index in [0.29, 0.717) is 6.07 Å². The summed E-state index contributed by atoms with van der Waals surface area (Å²) in [4.78, 5) is 10.5. The molecule has 0 radical (unpaired) electrons. The number of carboxylic acid groups (broad SMARTS) is 1. The van der Waals surface area contributed by atoms with Gasteiger partial charge in [-0.1, -0.05) is 0 Å². The van der Waals surface area contributed by atoms with Gasteiger partial charge in [0.25, 0.3) is 0 Å². The molecule has 4 nitrogen and oxygen atoms in total. The van der Waals surface area contributed by atoms with Crippen LogP contribution in [0.2, 0.25) is 0 Å². The molecule has 0 spiro atoms. The second kappa shape index (κ2) is 4.34. The Morgan fingerprint density at radius 3 is 2.38 bits per heavy atom. The van der Waals surface area contributed by atoms with E-state index in [4.69, 9.17) is 15.8 Å². The highest BCUT2D eigenvalue weighted by Crippen LogP contribution is 2.18. The molecule has 1 N–H and O–H groups in total. The lowest BCUT2D eigenvalue weighted by Gasteiger charge is -2.03. The van der Waals surface area contributed by atoms with Crippen LogP contribution in [0, 0.1) is 11.6 Å². The zero-order valence-corrected chi connectivity index (χ0v) is 9.15. The number of benzene rings is 1. The van der Waals surface area contributed by atoms with E-state index in [2.05, 4.69) is 0 Å². The number of carbonyl (C=O) groups is 1. The van der Waals surface area contributed by atoms with Gasteiger partial charge >= 0.3 is 5.97 Å². The van der Waals surface area contributed by atoms with Gasteiger partial charge in [0, 0.05) is 10.7 Å². The summed E-state index contributed by atoms with van der Waals surface area (Å²) in [6, 6.07) is 1.31. The summed E-state index contributed by atoms with van der Waals surface area (Å²) in [5.74, 6) is -5.44. The van der Waals surface area contributed by atoms with Gasteiger partial charge in [-0.3, -0.25) is 0 Å². The molecule has 88 valence electrons. The third kappa shape index (κ3) is 3.14. The molecule has 0 saturated carbocycles. The van der Waals surface area contributed by atoms with Gasteiger partial charge in [-0.15, -0.1) is 0 Å². The molecule has 0 fully saturated rings. The van der Waals surface area contributed by atoms with Crippen LogP contribution in [0.1, 0.15) is 15.9 Å². The summed E-state index contributed by atoms with van der Waals surface area (Å²) in [5, 5.41) is 8.52. The monoisotopic (exact) mass is 270 g/mol. The number of rotatable bonds is 3. The van der Waals surface area contributed by atoms with E-state index in [1.165, 1.54) is 0 Å². The maximum atomic E-state index is 12.9. The largest absolute Gasteiger partial charge is 0.478 e.